The van der Waals surface area contributed by atoms with Gasteiger partial charge in [-0.3, -0.25) is 4.90 Å². The molecule has 3 aromatic carbocycles. The van der Waals surface area contributed by atoms with E-state index >= 15 is 0 Å². The van der Waals surface area contributed by atoms with Crippen molar-refractivity contribution in [3.05, 3.63) is 41.5 Å². The number of phenols is 1. The smallest absolute Gasteiger partial charge is 0.161 e. The van der Waals surface area contributed by atoms with E-state index in [2.05, 4.69) is 17.0 Å². The number of fused-ring (bicyclic) bond motifs is 7. The molecule has 3 aromatic rings. The van der Waals surface area contributed by atoms with Crippen molar-refractivity contribution in [2.75, 3.05) is 20.8 Å². The molecular formula is C22H23NO3. The third-order valence-corrected chi connectivity index (χ3v) is 6.15. The molecule has 0 amide bonds. The number of phenolic OH excluding ortho intramolecular Hbond substituents is 1. The Morgan fingerprint density at radius 1 is 0.962 bits per heavy atom. The van der Waals surface area contributed by atoms with E-state index in [1.807, 2.05) is 18.2 Å². The minimum Gasteiger partial charge on any atom is -0.504 e. The minimum atomic E-state index is 0.202. The highest BCUT2D eigenvalue weighted by atomic mass is 16.5. The van der Waals surface area contributed by atoms with Crippen molar-refractivity contribution in [1.82, 2.24) is 4.90 Å². The van der Waals surface area contributed by atoms with Crippen LogP contribution in [0.1, 0.15) is 24.0 Å². The highest BCUT2D eigenvalue weighted by Crippen LogP contribution is 2.43. The van der Waals surface area contributed by atoms with Crippen LogP contribution in [0.3, 0.4) is 0 Å². The van der Waals surface area contributed by atoms with Crippen molar-refractivity contribution in [3.63, 3.8) is 0 Å². The maximum atomic E-state index is 10.4. The van der Waals surface area contributed by atoms with Crippen molar-refractivity contribution < 1.29 is 14.6 Å². The molecule has 1 N–H and O–H groups in total. The van der Waals surface area contributed by atoms with E-state index in [4.69, 9.17) is 9.47 Å². The molecule has 2 heterocycles. The van der Waals surface area contributed by atoms with Crippen LogP contribution in [0.4, 0.5) is 0 Å². The van der Waals surface area contributed by atoms with E-state index < -0.39 is 0 Å². The Balaban J connectivity index is 1.89. The number of rotatable bonds is 2. The lowest BCUT2D eigenvalue weighted by atomic mass is 9.85. The van der Waals surface area contributed by atoms with E-state index in [0.717, 1.165) is 29.5 Å². The van der Waals surface area contributed by atoms with Crippen LogP contribution in [0.15, 0.2) is 30.3 Å². The highest BCUT2D eigenvalue weighted by molar-refractivity contribution is 6.12. The number of aromatic hydroxyl groups is 1. The van der Waals surface area contributed by atoms with E-state index in [0.29, 0.717) is 11.8 Å². The zero-order valence-corrected chi connectivity index (χ0v) is 15.2. The van der Waals surface area contributed by atoms with Crippen LogP contribution >= 0.6 is 0 Å². The molecule has 4 heteroatoms. The molecule has 0 saturated carbocycles. The summed E-state index contributed by atoms with van der Waals surface area (Å²) in [6.45, 7) is 2.14. The molecule has 0 unspecified atom stereocenters. The second-order valence-corrected chi connectivity index (χ2v) is 7.41. The highest BCUT2D eigenvalue weighted by Gasteiger charge is 2.32. The lowest BCUT2D eigenvalue weighted by molar-refractivity contribution is 0.229. The lowest BCUT2D eigenvalue weighted by Crippen LogP contribution is -2.35. The van der Waals surface area contributed by atoms with Crippen LogP contribution in [-0.2, 0) is 13.0 Å². The summed E-state index contributed by atoms with van der Waals surface area (Å²) in [4.78, 5) is 2.60. The summed E-state index contributed by atoms with van der Waals surface area (Å²) >= 11 is 0. The molecule has 0 aliphatic carbocycles. The van der Waals surface area contributed by atoms with Gasteiger partial charge >= 0.3 is 0 Å². The average molecular weight is 349 g/mol. The molecule has 2 aliphatic rings. The van der Waals surface area contributed by atoms with Crippen LogP contribution in [-0.4, -0.2) is 36.8 Å². The summed E-state index contributed by atoms with van der Waals surface area (Å²) in [5, 5.41) is 15.1. The van der Waals surface area contributed by atoms with Crippen molar-refractivity contribution in [1.29, 1.82) is 0 Å². The predicted octanol–water partition coefficient (Wildman–Crippen LogP) is 4.24. The lowest BCUT2D eigenvalue weighted by Gasteiger charge is -2.33. The molecule has 1 saturated heterocycles. The van der Waals surface area contributed by atoms with E-state index in [-0.39, 0.29) is 5.75 Å². The van der Waals surface area contributed by atoms with Gasteiger partial charge in [0.2, 0.25) is 0 Å². The average Bonchev–Trinajstić information content (AvgIpc) is 3.13. The van der Waals surface area contributed by atoms with Gasteiger partial charge in [0.05, 0.1) is 14.2 Å². The third-order valence-electron chi connectivity index (χ3n) is 6.15. The van der Waals surface area contributed by atoms with Gasteiger partial charge in [0.25, 0.3) is 0 Å². The quantitative estimate of drug-likeness (QED) is 0.703. The van der Waals surface area contributed by atoms with Gasteiger partial charge in [-0.25, -0.2) is 0 Å². The van der Waals surface area contributed by atoms with Gasteiger partial charge in [-0.05, 0) is 82.7 Å². The Labute approximate surface area is 152 Å². The SMILES string of the molecule is COc1ccc2c3c(c4cc(O)c(OC)cc4c2c1)CN1CCC[C@H]1C3. The molecule has 1 atom stereocenters. The molecule has 5 rings (SSSR count). The van der Waals surface area contributed by atoms with Crippen molar-refractivity contribution in [2.45, 2.75) is 31.8 Å². The van der Waals surface area contributed by atoms with Crippen LogP contribution < -0.4 is 9.47 Å². The molecule has 2 aliphatic heterocycles. The molecule has 4 nitrogen and oxygen atoms in total. The topological polar surface area (TPSA) is 41.9 Å². The van der Waals surface area contributed by atoms with Crippen LogP contribution in [0.2, 0.25) is 0 Å². The molecular weight excluding hydrogens is 326 g/mol. The van der Waals surface area contributed by atoms with E-state index in [1.54, 1.807) is 14.2 Å². The Kier molecular flexibility index (Phi) is 3.50. The van der Waals surface area contributed by atoms with Gasteiger partial charge in [0, 0.05) is 12.6 Å². The summed E-state index contributed by atoms with van der Waals surface area (Å²) in [7, 11) is 3.29. The summed E-state index contributed by atoms with van der Waals surface area (Å²) in [5.41, 5.74) is 2.79. The van der Waals surface area contributed by atoms with E-state index in [9.17, 15) is 5.11 Å². The summed E-state index contributed by atoms with van der Waals surface area (Å²) < 4.78 is 10.9. The summed E-state index contributed by atoms with van der Waals surface area (Å²) in [5.74, 6) is 1.56. The molecule has 0 radical (unpaired) electrons. The number of hydrogen-bond donors (Lipinski definition) is 1. The monoisotopic (exact) mass is 349 g/mol. The first kappa shape index (κ1) is 15.8. The fourth-order valence-electron chi connectivity index (χ4n) is 4.85. The molecule has 0 bridgehead atoms. The molecule has 26 heavy (non-hydrogen) atoms. The standard InChI is InChI=1S/C22H23NO3/c1-25-14-5-6-15-16-8-13-4-3-7-23(13)12-20(16)18-10-21(24)22(26-2)11-19(18)17(15)9-14/h5-6,9-11,13,24H,3-4,7-8,12H2,1-2H3/t13-/m0/s1. The van der Waals surface area contributed by atoms with Crippen LogP contribution in [0, 0.1) is 0 Å². The maximum Gasteiger partial charge on any atom is 0.161 e. The number of methoxy groups -OCH3 is 2. The second-order valence-electron chi connectivity index (χ2n) is 7.41. The van der Waals surface area contributed by atoms with Crippen LogP contribution in [0.25, 0.3) is 21.5 Å². The normalized spacial score (nSPS) is 19.5. The zero-order chi connectivity index (χ0) is 17.8. The van der Waals surface area contributed by atoms with Crippen molar-refractivity contribution in [2.24, 2.45) is 0 Å². The molecule has 1 fully saturated rings. The minimum absolute atomic E-state index is 0.202. The maximum absolute atomic E-state index is 10.4. The van der Waals surface area contributed by atoms with Gasteiger partial charge in [0.1, 0.15) is 5.75 Å². The second kappa shape index (κ2) is 5.78. The largest absolute Gasteiger partial charge is 0.504 e. The first-order valence-electron chi connectivity index (χ1n) is 9.26. The summed E-state index contributed by atoms with van der Waals surface area (Å²) in [6.07, 6.45) is 3.64. The van der Waals surface area contributed by atoms with Gasteiger partial charge < -0.3 is 14.6 Å². The number of hydrogen-bond acceptors (Lipinski definition) is 4. The Bertz CT molecular complexity index is 1030. The van der Waals surface area contributed by atoms with Gasteiger partial charge in [0.15, 0.2) is 11.5 Å². The van der Waals surface area contributed by atoms with E-state index in [1.165, 1.54) is 41.3 Å². The number of nitrogens with zero attached hydrogens (tertiary/aromatic N) is 1. The zero-order valence-electron chi connectivity index (χ0n) is 15.2. The summed E-state index contributed by atoms with van der Waals surface area (Å²) in [6, 6.07) is 10.8. The first-order chi connectivity index (χ1) is 12.7. The predicted molar refractivity (Wildman–Crippen MR) is 103 cm³/mol. The molecule has 134 valence electrons. The Hall–Kier alpha value is -2.46. The molecule has 0 aromatic heterocycles. The number of benzene rings is 3. The molecule has 0 spiro atoms. The number of ether oxygens (including phenoxy) is 2. The van der Waals surface area contributed by atoms with Gasteiger partial charge in [-0.1, -0.05) is 6.07 Å². The third kappa shape index (κ3) is 2.18. The first-order valence-corrected chi connectivity index (χ1v) is 9.26. The van der Waals surface area contributed by atoms with Crippen molar-refractivity contribution in [3.8, 4) is 17.2 Å². The van der Waals surface area contributed by atoms with Gasteiger partial charge in [-0.15, -0.1) is 0 Å². The van der Waals surface area contributed by atoms with Gasteiger partial charge in [-0.2, -0.15) is 0 Å². The van der Waals surface area contributed by atoms with Crippen molar-refractivity contribution >= 4 is 21.5 Å². The van der Waals surface area contributed by atoms with Crippen LogP contribution in [0.5, 0.6) is 17.2 Å². The fraction of sp³-hybridized carbons (Fsp3) is 0.364. The Morgan fingerprint density at radius 3 is 2.62 bits per heavy atom. The Morgan fingerprint density at radius 2 is 1.81 bits per heavy atom. The fourth-order valence-corrected chi connectivity index (χ4v) is 4.85.